The minimum absolute atomic E-state index is 0.167. The van der Waals surface area contributed by atoms with Crippen molar-refractivity contribution < 1.29 is 4.79 Å². The molecular formula is C15H24N4O. The van der Waals surface area contributed by atoms with Crippen LogP contribution in [0, 0.1) is 13.8 Å². The van der Waals surface area contributed by atoms with Crippen molar-refractivity contribution >= 4 is 17.7 Å². The van der Waals surface area contributed by atoms with Gasteiger partial charge in [0.15, 0.2) is 0 Å². The lowest BCUT2D eigenvalue weighted by molar-refractivity contribution is 0.250. The summed E-state index contributed by atoms with van der Waals surface area (Å²) in [4.78, 5) is 20.0. The molecule has 0 saturated heterocycles. The number of para-hydroxylation sites is 1. The van der Waals surface area contributed by atoms with E-state index in [9.17, 15) is 4.79 Å². The van der Waals surface area contributed by atoms with E-state index >= 15 is 0 Å². The minimum Gasteiger partial charge on any atom is -0.349 e. The molecule has 0 aliphatic heterocycles. The van der Waals surface area contributed by atoms with Crippen LogP contribution in [0.15, 0.2) is 23.2 Å². The van der Waals surface area contributed by atoms with Gasteiger partial charge in [0.1, 0.15) is 0 Å². The van der Waals surface area contributed by atoms with Crippen molar-refractivity contribution in [2.45, 2.75) is 20.8 Å². The average molecular weight is 276 g/mol. The van der Waals surface area contributed by atoms with Crippen LogP contribution >= 0.6 is 0 Å². The molecule has 0 bridgehead atoms. The molecule has 0 saturated carbocycles. The van der Waals surface area contributed by atoms with Crippen molar-refractivity contribution in [1.29, 1.82) is 0 Å². The number of nitrogens with one attached hydrogen (secondary N) is 1. The van der Waals surface area contributed by atoms with Crippen molar-refractivity contribution in [2.75, 3.05) is 32.6 Å². The molecule has 0 radical (unpaired) electrons. The van der Waals surface area contributed by atoms with E-state index in [0.717, 1.165) is 16.8 Å². The quantitative estimate of drug-likeness (QED) is 0.666. The number of hydrogen-bond donors (Lipinski definition) is 1. The maximum Gasteiger partial charge on any atom is 0.328 e. The molecule has 0 unspecified atom stereocenters. The number of urea groups is 1. The maximum atomic E-state index is 12.5. The van der Waals surface area contributed by atoms with Crippen LogP contribution in [0.1, 0.15) is 18.1 Å². The number of hydrogen-bond acceptors (Lipinski definition) is 2. The summed E-state index contributed by atoms with van der Waals surface area (Å²) >= 11 is 0. The fraction of sp³-hybridized carbons (Fsp3) is 0.467. The minimum atomic E-state index is -0.167. The molecule has 0 aliphatic carbocycles. The average Bonchev–Trinajstić information content (AvgIpc) is 2.39. The number of nitrogens with zero attached hydrogens (tertiary/aromatic N) is 3. The summed E-state index contributed by atoms with van der Waals surface area (Å²) in [6, 6.07) is 5.86. The number of aliphatic imine (C=N–C) groups is 1. The van der Waals surface area contributed by atoms with Crippen molar-refractivity contribution in [3.05, 3.63) is 29.3 Å². The highest BCUT2D eigenvalue weighted by atomic mass is 16.2. The summed E-state index contributed by atoms with van der Waals surface area (Å²) in [5.74, 6) is 0.541. The van der Waals surface area contributed by atoms with Crippen LogP contribution in [0.25, 0.3) is 0 Å². The summed E-state index contributed by atoms with van der Waals surface area (Å²) in [5.41, 5.74) is 3.13. The van der Waals surface area contributed by atoms with Gasteiger partial charge >= 0.3 is 6.03 Å². The summed E-state index contributed by atoms with van der Waals surface area (Å²) < 4.78 is 0. The first-order valence-electron chi connectivity index (χ1n) is 6.71. The molecule has 0 heterocycles. The smallest absolute Gasteiger partial charge is 0.328 e. The fourth-order valence-electron chi connectivity index (χ4n) is 2.17. The van der Waals surface area contributed by atoms with Gasteiger partial charge in [-0.1, -0.05) is 18.2 Å². The highest BCUT2D eigenvalue weighted by Crippen LogP contribution is 2.24. The van der Waals surface area contributed by atoms with E-state index in [2.05, 4.69) is 10.3 Å². The van der Waals surface area contributed by atoms with E-state index in [0.29, 0.717) is 12.5 Å². The standard InChI is InChI=1S/C15H24N4O/c1-7-19(13-11(2)9-8-10-12(13)3)15(20)17-14(16-4)18(5)6/h8-10H,7H2,1-6H3,(H,16,17,20). The largest absolute Gasteiger partial charge is 0.349 e. The van der Waals surface area contributed by atoms with Crippen molar-refractivity contribution in [2.24, 2.45) is 4.99 Å². The van der Waals surface area contributed by atoms with Gasteiger partial charge in [-0.05, 0) is 31.9 Å². The van der Waals surface area contributed by atoms with Crippen LogP contribution in [0.5, 0.6) is 0 Å². The number of amides is 2. The third kappa shape index (κ3) is 3.50. The highest BCUT2D eigenvalue weighted by molar-refractivity contribution is 6.04. The molecule has 1 aromatic carbocycles. The lowest BCUT2D eigenvalue weighted by Crippen LogP contribution is -2.47. The molecule has 0 spiro atoms. The number of aryl methyl sites for hydroxylation is 2. The lowest BCUT2D eigenvalue weighted by Gasteiger charge is -2.26. The zero-order valence-corrected chi connectivity index (χ0v) is 13.2. The second-order valence-corrected chi connectivity index (χ2v) is 4.86. The van der Waals surface area contributed by atoms with E-state index in [1.54, 1.807) is 16.8 Å². The molecule has 5 nitrogen and oxygen atoms in total. The summed E-state index contributed by atoms with van der Waals surface area (Å²) in [6.07, 6.45) is 0. The first kappa shape index (κ1) is 16.0. The molecule has 0 atom stereocenters. The number of carbonyl (C=O) groups is 1. The molecule has 110 valence electrons. The van der Waals surface area contributed by atoms with Gasteiger partial charge in [-0.3, -0.25) is 15.2 Å². The Morgan fingerprint density at radius 3 is 2.20 bits per heavy atom. The maximum absolute atomic E-state index is 12.5. The van der Waals surface area contributed by atoms with Crippen molar-refractivity contribution in [3.8, 4) is 0 Å². The zero-order valence-electron chi connectivity index (χ0n) is 13.2. The van der Waals surface area contributed by atoms with E-state index in [1.807, 2.05) is 53.1 Å². The van der Waals surface area contributed by atoms with Gasteiger partial charge < -0.3 is 4.90 Å². The van der Waals surface area contributed by atoms with E-state index in [1.165, 1.54) is 0 Å². The Kier molecular flexibility index (Phi) is 5.55. The third-order valence-corrected chi connectivity index (χ3v) is 3.12. The Labute approximate surface area is 121 Å². The van der Waals surface area contributed by atoms with Gasteiger partial charge in [-0.2, -0.15) is 0 Å². The second kappa shape index (κ2) is 6.93. The molecule has 0 fully saturated rings. The zero-order chi connectivity index (χ0) is 15.3. The molecule has 0 aliphatic rings. The highest BCUT2D eigenvalue weighted by Gasteiger charge is 2.19. The fourth-order valence-corrected chi connectivity index (χ4v) is 2.17. The predicted octanol–water partition coefficient (Wildman–Crippen LogP) is 2.39. The molecule has 1 rings (SSSR count). The van der Waals surface area contributed by atoms with Crippen LogP contribution in [0.3, 0.4) is 0 Å². The van der Waals surface area contributed by atoms with Crippen LogP contribution in [-0.4, -0.2) is 44.6 Å². The number of anilines is 1. The Balaban J connectivity index is 3.05. The topological polar surface area (TPSA) is 47.9 Å². The Morgan fingerprint density at radius 2 is 1.80 bits per heavy atom. The van der Waals surface area contributed by atoms with E-state index in [-0.39, 0.29) is 6.03 Å². The Bertz CT molecular complexity index is 488. The van der Waals surface area contributed by atoms with Crippen LogP contribution < -0.4 is 10.2 Å². The number of benzene rings is 1. The molecule has 20 heavy (non-hydrogen) atoms. The van der Waals surface area contributed by atoms with Crippen LogP contribution in [-0.2, 0) is 0 Å². The summed E-state index contributed by atoms with van der Waals surface area (Å²) in [5, 5.41) is 2.83. The lowest BCUT2D eigenvalue weighted by atomic mass is 10.1. The van der Waals surface area contributed by atoms with Crippen LogP contribution in [0.4, 0.5) is 10.5 Å². The number of guanidine groups is 1. The molecule has 2 amide bonds. The van der Waals surface area contributed by atoms with Crippen LogP contribution in [0.2, 0.25) is 0 Å². The van der Waals surface area contributed by atoms with Gasteiger partial charge in [-0.15, -0.1) is 0 Å². The first-order chi connectivity index (χ1) is 9.42. The van der Waals surface area contributed by atoms with Gasteiger partial charge in [0.25, 0.3) is 0 Å². The monoisotopic (exact) mass is 276 g/mol. The van der Waals surface area contributed by atoms with Gasteiger partial charge in [0.2, 0.25) is 5.96 Å². The van der Waals surface area contributed by atoms with Gasteiger partial charge in [0, 0.05) is 27.7 Å². The Hall–Kier alpha value is -2.04. The predicted molar refractivity (Wildman–Crippen MR) is 84.5 cm³/mol. The third-order valence-electron chi connectivity index (χ3n) is 3.12. The molecule has 1 aromatic rings. The molecule has 5 heteroatoms. The Morgan fingerprint density at radius 1 is 1.25 bits per heavy atom. The molecular weight excluding hydrogens is 252 g/mol. The number of rotatable bonds is 2. The van der Waals surface area contributed by atoms with E-state index < -0.39 is 0 Å². The molecule has 1 N–H and O–H groups in total. The molecule has 0 aromatic heterocycles. The van der Waals surface area contributed by atoms with Gasteiger partial charge in [0.05, 0.1) is 5.69 Å². The van der Waals surface area contributed by atoms with Gasteiger partial charge in [-0.25, -0.2) is 4.79 Å². The number of carbonyl (C=O) groups excluding carboxylic acids is 1. The normalized spacial score (nSPS) is 11.2. The second-order valence-electron chi connectivity index (χ2n) is 4.86. The first-order valence-corrected chi connectivity index (χ1v) is 6.71. The van der Waals surface area contributed by atoms with Crippen molar-refractivity contribution in [3.63, 3.8) is 0 Å². The van der Waals surface area contributed by atoms with Crippen molar-refractivity contribution in [1.82, 2.24) is 10.2 Å². The van der Waals surface area contributed by atoms with E-state index in [4.69, 9.17) is 0 Å². The summed E-state index contributed by atoms with van der Waals surface area (Å²) in [6.45, 7) is 6.59. The SMILES string of the molecule is CCN(C(=O)NC(=NC)N(C)C)c1c(C)cccc1C. The summed E-state index contributed by atoms with van der Waals surface area (Å²) in [7, 11) is 5.35.